The van der Waals surface area contributed by atoms with Crippen molar-refractivity contribution in [1.29, 1.82) is 0 Å². The molecular weight excluding hydrogens is 300 g/mol. The van der Waals surface area contributed by atoms with Crippen LogP contribution >= 0.6 is 12.4 Å². The smallest absolute Gasteiger partial charge is 0.161 e. The summed E-state index contributed by atoms with van der Waals surface area (Å²) >= 11 is 0. The molecule has 1 saturated heterocycles. The van der Waals surface area contributed by atoms with Crippen molar-refractivity contribution in [3.63, 3.8) is 0 Å². The number of ether oxygens (including phenoxy) is 2. The van der Waals surface area contributed by atoms with E-state index in [0.717, 1.165) is 44.1 Å². The fraction of sp³-hybridized carbons (Fsp3) is 0.647. The van der Waals surface area contributed by atoms with Crippen molar-refractivity contribution in [1.82, 2.24) is 10.2 Å². The molecule has 124 valence electrons. The number of fused-ring (bicyclic) bond motifs is 1. The summed E-state index contributed by atoms with van der Waals surface area (Å²) in [6, 6.07) is 4.29. The Bertz CT molecular complexity index is 516. The van der Waals surface area contributed by atoms with Gasteiger partial charge in [0.15, 0.2) is 11.5 Å². The van der Waals surface area contributed by atoms with Crippen LogP contribution in [0.1, 0.15) is 24.5 Å². The van der Waals surface area contributed by atoms with Gasteiger partial charge < -0.3 is 14.8 Å². The van der Waals surface area contributed by atoms with Crippen molar-refractivity contribution in [2.24, 2.45) is 5.41 Å². The van der Waals surface area contributed by atoms with Crippen molar-refractivity contribution < 1.29 is 9.47 Å². The second-order valence-corrected chi connectivity index (χ2v) is 6.67. The number of hydrogen-bond donors (Lipinski definition) is 1. The molecule has 0 bridgehead atoms. The first-order valence-electron chi connectivity index (χ1n) is 7.80. The van der Waals surface area contributed by atoms with E-state index in [9.17, 15) is 0 Å². The fourth-order valence-corrected chi connectivity index (χ4v) is 3.62. The fourth-order valence-electron chi connectivity index (χ4n) is 3.62. The van der Waals surface area contributed by atoms with Crippen LogP contribution in [0.4, 0.5) is 0 Å². The molecule has 1 fully saturated rings. The third kappa shape index (κ3) is 3.50. The molecule has 1 N–H and O–H groups in total. The summed E-state index contributed by atoms with van der Waals surface area (Å²) in [6.45, 7) is 8.03. The lowest BCUT2D eigenvalue weighted by Crippen LogP contribution is -2.40. The maximum absolute atomic E-state index is 5.44. The molecule has 2 aliphatic rings. The third-order valence-corrected chi connectivity index (χ3v) is 4.86. The molecule has 1 unspecified atom stereocenters. The van der Waals surface area contributed by atoms with Crippen LogP contribution in [0.15, 0.2) is 12.1 Å². The number of methoxy groups -OCH3 is 2. The maximum Gasteiger partial charge on any atom is 0.161 e. The molecule has 5 heteroatoms. The van der Waals surface area contributed by atoms with Crippen molar-refractivity contribution in [2.45, 2.75) is 26.3 Å². The predicted octanol–water partition coefficient (Wildman–Crippen LogP) is 2.48. The number of rotatable bonds is 4. The van der Waals surface area contributed by atoms with Gasteiger partial charge in [-0.2, -0.15) is 0 Å². The molecule has 3 rings (SSSR count). The molecule has 0 spiro atoms. The molecule has 2 heterocycles. The van der Waals surface area contributed by atoms with E-state index in [4.69, 9.17) is 9.47 Å². The Hall–Kier alpha value is -0.970. The normalized spacial score (nSPS) is 24.5. The molecule has 0 aromatic heterocycles. The van der Waals surface area contributed by atoms with E-state index in [2.05, 4.69) is 29.3 Å². The van der Waals surface area contributed by atoms with Gasteiger partial charge in [0.2, 0.25) is 0 Å². The van der Waals surface area contributed by atoms with Gasteiger partial charge in [-0.15, -0.1) is 12.4 Å². The van der Waals surface area contributed by atoms with Gasteiger partial charge in [0.1, 0.15) is 0 Å². The molecule has 22 heavy (non-hydrogen) atoms. The Morgan fingerprint density at radius 1 is 1.18 bits per heavy atom. The number of nitrogens with one attached hydrogen (secondary N) is 1. The zero-order chi connectivity index (χ0) is 14.9. The molecule has 0 amide bonds. The van der Waals surface area contributed by atoms with Crippen LogP contribution in [0.3, 0.4) is 0 Å². The van der Waals surface area contributed by atoms with E-state index in [0.29, 0.717) is 5.41 Å². The number of nitrogens with zero attached hydrogens (tertiary/aromatic N) is 1. The molecule has 0 saturated carbocycles. The molecule has 1 aromatic carbocycles. The highest BCUT2D eigenvalue weighted by Crippen LogP contribution is 2.34. The van der Waals surface area contributed by atoms with Gasteiger partial charge in [0.25, 0.3) is 0 Å². The predicted molar refractivity (Wildman–Crippen MR) is 91.4 cm³/mol. The number of benzene rings is 1. The third-order valence-electron chi connectivity index (χ3n) is 4.86. The lowest BCUT2D eigenvalue weighted by Gasteiger charge is -2.35. The molecule has 1 atom stereocenters. The van der Waals surface area contributed by atoms with Crippen LogP contribution in [0.2, 0.25) is 0 Å². The summed E-state index contributed by atoms with van der Waals surface area (Å²) < 4.78 is 10.8. The van der Waals surface area contributed by atoms with Crippen LogP contribution < -0.4 is 14.8 Å². The maximum atomic E-state index is 5.44. The molecule has 0 aliphatic carbocycles. The summed E-state index contributed by atoms with van der Waals surface area (Å²) in [5.74, 6) is 1.68. The van der Waals surface area contributed by atoms with Crippen molar-refractivity contribution in [3.8, 4) is 11.5 Å². The van der Waals surface area contributed by atoms with E-state index in [-0.39, 0.29) is 12.4 Å². The van der Waals surface area contributed by atoms with Crippen molar-refractivity contribution >= 4 is 12.4 Å². The Kier molecular flexibility index (Phi) is 5.59. The summed E-state index contributed by atoms with van der Waals surface area (Å²) in [7, 11) is 3.41. The Morgan fingerprint density at radius 3 is 2.45 bits per heavy atom. The SMILES string of the molecule is COc1cc2c(cc1OC)CN(CC1(C)CCNC1)CC2.Cl. The lowest BCUT2D eigenvalue weighted by molar-refractivity contribution is 0.164. The van der Waals surface area contributed by atoms with Gasteiger partial charge in [0.05, 0.1) is 14.2 Å². The van der Waals surface area contributed by atoms with Gasteiger partial charge in [0, 0.05) is 26.2 Å². The lowest BCUT2D eigenvalue weighted by atomic mass is 9.88. The topological polar surface area (TPSA) is 33.7 Å². The van der Waals surface area contributed by atoms with Gasteiger partial charge in [-0.3, -0.25) is 4.90 Å². The van der Waals surface area contributed by atoms with Crippen LogP contribution in [0.25, 0.3) is 0 Å². The first kappa shape index (κ1) is 17.4. The number of halogens is 1. The van der Waals surface area contributed by atoms with Crippen LogP contribution in [0.5, 0.6) is 11.5 Å². The van der Waals surface area contributed by atoms with Crippen molar-refractivity contribution in [3.05, 3.63) is 23.3 Å². The summed E-state index contributed by atoms with van der Waals surface area (Å²) in [5.41, 5.74) is 3.21. The van der Waals surface area contributed by atoms with Crippen LogP contribution in [0, 0.1) is 5.41 Å². The van der Waals surface area contributed by atoms with E-state index in [1.807, 2.05) is 0 Å². The molecule has 4 nitrogen and oxygen atoms in total. The van der Waals surface area contributed by atoms with E-state index in [1.54, 1.807) is 14.2 Å². The van der Waals surface area contributed by atoms with Crippen molar-refractivity contribution in [2.75, 3.05) is 40.4 Å². The first-order valence-corrected chi connectivity index (χ1v) is 7.80. The highest BCUT2D eigenvalue weighted by atomic mass is 35.5. The standard InChI is InChI=1S/C17H26N2O2.ClH/c1-17(5-6-18-11-17)12-19-7-4-13-8-15(20-2)16(21-3)9-14(13)10-19;/h8-9,18H,4-7,10-12H2,1-3H3;1H. The molecule has 1 aromatic rings. The van der Waals surface area contributed by atoms with Crippen LogP contribution in [-0.2, 0) is 13.0 Å². The highest BCUT2D eigenvalue weighted by Gasteiger charge is 2.32. The Labute approximate surface area is 139 Å². The molecule has 0 radical (unpaired) electrons. The number of hydrogen-bond acceptors (Lipinski definition) is 4. The minimum atomic E-state index is 0. The molecular formula is C17H27ClN2O2. The Balaban J connectivity index is 0.00000176. The van der Waals surface area contributed by atoms with E-state index < -0.39 is 0 Å². The van der Waals surface area contributed by atoms with Gasteiger partial charge in [-0.1, -0.05) is 6.92 Å². The first-order chi connectivity index (χ1) is 10.1. The highest BCUT2D eigenvalue weighted by molar-refractivity contribution is 5.85. The zero-order valence-corrected chi connectivity index (χ0v) is 14.6. The summed E-state index contributed by atoms with van der Waals surface area (Å²) in [5, 5.41) is 3.49. The Morgan fingerprint density at radius 2 is 1.86 bits per heavy atom. The van der Waals surface area contributed by atoms with Crippen LogP contribution in [-0.4, -0.2) is 45.3 Å². The average molecular weight is 327 g/mol. The molecule has 2 aliphatic heterocycles. The average Bonchev–Trinajstić information content (AvgIpc) is 2.92. The van der Waals surface area contributed by atoms with Gasteiger partial charge >= 0.3 is 0 Å². The van der Waals surface area contributed by atoms with E-state index in [1.165, 1.54) is 24.1 Å². The quantitative estimate of drug-likeness (QED) is 0.921. The zero-order valence-electron chi connectivity index (χ0n) is 13.8. The summed E-state index contributed by atoms with van der Waals surface area (Å²) in [4.78, 5) is 2.58. The monoisotopic (exact) mass is 326 g/mol. The largest absolute Gasteiger partial charge is 0.493 e. The van der Waals surface area contributed by atoms with Gasteiger partial charge in [-0.25, -0.2) is 0 Å². The summed E-state index contributed by atoms with van der Waals surface area (Å²) in [6.07, 6.45) is 2.38. The minimum Gasteiger partial charge on any atom is -0.493 e. The van der Waals surface area contributed by atoms with Gasteiger partial charge in [-0.05, 0) is 48.1 Å². The second kappa shape index (κ2) is 7.07. The second-order valence-electron chi connectivity index (χ2n) is 6.67. The minimum absolute atomic E-state index is 0. The van der Waals surface area contributed by atoms with E-state index >= 15 is 0 Å².